The Morgan fingerprint density at radius 1 is 1.00 bits per heavy atom. The lowest BCUT2D eigenvalue weighted by Crippen LogP contribution is -2.33. The highest BCUT2D eigenvalue weighted by molar-refractivity contribution is 5.89. The minimum Gasteiger partial charge on any atom is -0.480 e. The fraction of sp³-hybridized carbons (Fsp3) is 0.333. The van der Waals surface area contributed by atoms with E-state index in [9.17, 15) is 14.7 Å². The van der Waals surface area contributed by atoms with Gasteiger partial charge in [0.05, 0.1) is 0 Å². The van der Waals surface area contributed by atoms with Crippen LogP contribution in [0.5, 0.6) is 0 Å². The van der Waals surface area contributed by atoms with Gasteiger partial charge in [0.15, 0.2) is 0 Å². The van der Waals surface area contributed by atoms with Gasteiger partial charge >= 0.3 is 5.97 Å². The molecule has 0 aromatic heterocycles. The first-order valence-corrected chi connectivity index (χ1v) is 8.44. The second kappa shape index (κ2) is 7.51. The fourth-order valence-electron chi connectivity index (χ4n) is 2.95. The number of carbonyl (C=O) groups is 2. The summed E-state index contributed by atoms with van der Waals surface area (Å²) >= 11 is 0. The molecule has 0 aliphatic rings. The van der Waals surface area contributed by atoms with E-state index >= 15 is 0 Å². The molecule has 0 saturated heterocycles. The van der Waals surface area contributed by atoms with Gasteiger partial charge in [0.1, 0.15) is 5.41 Å². The monoisotopic (exact) mass is 339 g/mol. The number of carboxylic acids is 1. The zero-order valence-corrected chi connectivity index (χ0v) is 15.2. The summed E-state index contributed by atoms with van der Waals surface area (Å²) in [5.74, 6) is -0.510. The number of anilines is 1. The van der Waals surface area contributed by atoms with Crippen molar-refractivity contribution in [3.63, 3.8) is 0 Å². The Bertz CT molecular complexity index is 748. The van der Waals surface area contributed by atoms with Crippen molar-refractivity contribution in [2.45, 2.75) is 39.5 Å². The predicted molar refractivity (Wildman–Crippen MR) is 99.8 cm³/mol. The van der Waals surface area contributed by atoms with Crippen LogP contribution in [-0.4, -0.2) is 17.0 Å². The summed E-state index contributed by atoms with van der Waals surface area (Å²) < 4.78 is 0. The van der Waals surface area contributed by atoms with Crippen molar-refractivity contribution in [1.82, 2.24) is 0 Å². The van der Waals surface area contributed by atoms with Crippen LogP contribution in [0.4, 0.5) is 5.69 Å². The molecule has 0 aliphatic carbocycles. The molecule has 0 bridgehead atoms. The van der Waals surface area contributed by atoms with Crippen LogP contribution in [0.25, 0.3) is 0 Å². The van der Waals surface area contributed by atoms with Gasteiger partial charge in [0.2, 0.25) is 5.91 Å². The van der Waals surface area contributed by atoms with E-state index in [2.05, 4.69) is 19.2 Å². The van der Waals surface area contributed by atoms with Crippen LogP contribution in [0.3, 0.4) is 0 Å². The number of nitrogens with one attached hydrogen (secondary N) is 1. The number of hydrogen-bond acceptors (Lipinski definition) is 2. The molecule has 4 heteroatoms. The number of amides is 1. The smallest absolute Gasteiger partial charge is 0.318 e. The van der Waals surface area contributed by atoms with Crippen molar-refractivity contribution >= 4 is 17.6 Å². The number of benzene rings is 2. The maximum atomic E-state index is 12.1. The molecule has 0 aliphatic heterocycles. The van der Waals surface area contributed by atoms with Crippen LogP contribution in [0.2, 0.25) is 0 Å². The molecular formula is C21H25NO3. The van der Waals surface area contributed by atoms with Crippen LogP contribution >= 0.6 is 0 Å². The SMILES string of the molecule is CC(=O)Nc1ccc(C(C)(C(=O)O)c2ccc(CC(C)C)cc2)cc1. The Labute approximate surface area is 148 Å². The first-order chi connectivity index (χ1) is 11.7. The summed E-state index contributed by atoms with van der Waals surface area (Å²) in [6.45, 7) is 7.46. The van der Waals surface area contributed by atoms with Crippen LogP contribution in [0.15, 0.2) is 48.5 Å². The normalized spacial score (nSPS) is 13.3. The Morgan fingerprint density at radius 3 is 1.88 bits per heavy atom. The van der Waals surface area contributed by atoms with Gasteiger partial charge < -0.3 is 10.4 Å². The number of rotatable bonds is 6. The van der Waals surface area contributed by atoms with Gasteiger partial charge in [-0.25, -0.2) is 0 Å². The third kappa shape index (κ3) is 4.27. The molecule has 0 radical (unpaired) electrons. The average molecular weight is 339 g/mol. The average Bonchev–Trinajstić information content (AvgIpc) is 2.54. The highest BCUT2D eigenvalue weighted by Gasteiger charge is 2.37. The lowest BCUT2D eigenvalue weighted by molar-refractivity contribution is -0.141. The van der Waals surface area contributed by atoms with Crippen molar-refractivity contribution in [3.05, 3.63) is 65.2 Å². The maximum absolute atomic E-state index is 12.1. The van der Waals surface area contributed by atoms with Crippen LogP contribution < -0.4 is 5.32 Å². The van der Waals surface area contributed by atoms with Crippen molar-refractivity contribution in [1.29, 1.82) is 0 Å². The molecule has 0 fully saturated rings. The third-order valence-corrected chi connectivity index (χ3v) is 4.39. The van der Waals surface area contributed by atoms with E-state index in [1.807, 2.05) is 24.3 Å². The molecule has 0 spiro atoms. The van der Waals surface area contributed by atoms with Crippen molar-refractivity contribution in [2.24, 2.45) is 5.92 Å². The highest BCUT2D eigenvalue weighted by atomic mass is 16.4. The molecule has 4 nitrogen and oxygen atoms in total. The van der Waals surface area contributed by atoms with E-state index in [1.54, 1.807) is 31.2 Å². The Hall–Kier alpha value is -2.62. The molecule has 1 amide bonds. The summed E-state index contributed by atoms with van der Waals surface area (Å²) in [6.07, 6.45) is 0.968. The number of carbonyl (C=O) groups excluding carboxylic acids is 1. The highest BCUT2D eigenvalue weighted by Crippen LogP contribution is 2.33. The van der Waals surface area contributed by atoms with Gasteiger partial charge in [0, 0.05) is 12.6 Å². The van der Waals surface area contributed by atoms with Crippen LogP contribution in [-0.2, 0) is 21.4 Å². The summed E-state index contributed by atoms with van der Waals surface area (Å²) in [4.78, 5) is 23.2. The Balaban J connectivity index is 2.37. The molecule has 132 valence electrons. The molecule has 2 rings (SSSR count). The van der Waals surface area contributed by atoms with E-state index in [0.29, 0.717) is 17.2 Å². The number of carboxylic acid groups (broad SMARTS) is 1. The topological polar surface area (TPSA) is 66.4 Å². The van der Waals surface area contributed by atoms with Crippen molar-refractivity contribution in [3.8, 4) is 0 Å². The second-order valence-corrected chi connectivity index (χ2v) is 6.98. The zero-order chi connectivity index (χ0) is 18.6. The maximum Gasteiger partial charge on any atom is 0.318 e. The first kappa shape index (κ1) is 18.7. The lowest BCUT2D eigenvalue weighted by Gasteiger charge is -2.26. The van der Waals surface area contributed by atoms with Crippen molar-refractivity contribution < 1.29 is 14.7 Å². The van der Waals surface area contributed by atoms with Gasteiger partial charge in [-0.2, -0.15) is 0 Å². The standard InChI is InChI=1S/C21H25NO3/c1-14(2)13-16-5-7-17(8-6-16)21(4,20(24)25)18-9-11-19(12-10-18)22-15(3)23/h5-12,14H,13H2,1-4H3,(H,22,23)(H,24,25). The molecule has 25 heavy (non-hydrogen) atoms. The van der Waals surface area contributed by atoms with Crippen LogP contribution in [0.1, 0.15) is 44.4 Å². The molecule has 0 saturated carbocycles. The van der Waals surface area contributed by atoms with Crippen molar-refractivity contribution in [2.75, 3.05) is 5.32 Å². The lowest BCUT2D eigenvalue weighted by atomic mass is 9.76. The fourth-order valence-corrected chi connectivity index (χ4v) is 2.95. The molecule has 2 aromatic carbocycles. The van der Waals surface area contributed by atoms with Gasteiger partial charge in [-0.1, -0.05) is 50.2 Å². The van der Waals surface area contributed by atoms with Crippen LogP contribution in [0, 0.1) is 5.92 Å². The Kier molecular flexibility index (Phi) is 5.62. The van der Waals surface area contributed by atoms with E-state index in [4.69, 9.17) is 0 Å². The molecule has 1 unspecified atom stereocenters. The molecule has 2 aromatic rings. The van der Waals surface area contributed by atoms with E-state index < -0.39 is 11.4 Å². The Morgan fingerprint density at radius 2 is 1.48 bits per heavy atom. The zero-order valence-electron chi connectivity index (χ0n) is 15.2. The summed E-state index contributed by atoms with van der Waals surface area (Å²) in [5, 5.41) is 12.6. The third-order valence-electron chi connectivity index (χ3n) is 4.39. The van der Waals surface area contributed by atoms with Gasteiger partial charge in [-0.15, -0.1) is 0 Å². The summed E-state index contributed by atoms with van der Waals surface area (Å²) in [6, 6.07) is 14.8. The summed E-state index contributed by atoms with van der Waals surface area (Å²) in [7, 11) is 0. The van der Waals surface area contributed by atoms with Gasteiger partial charge in [-0.3, -0.25) is 9.59 Å². The van der Waals surface area contributed by atoms with E-state index in [-0.39, 0.29) is 5.91 Å². The van der Waals surface area contributed by atoms with E-state index in [0.717, 1.165) is 12.0 Å². The quantitative estimate of drug-likeness (QED) is 0.827. The molecule has 1 atom stereocenters. The predicted octanol–water partition coefficient (Wildman–Crippen LogP) is 4.23. The first-order valence-electron chi connectivity index (χ1n) is 8.44. The number of hydrogen-bond donors (Lipinski definition) is 2. The summed E-state index contributed by atoms with van der Waals surface area (Å²) in [5.41, 5.74) is 2.11. The largest absolute Gasteiger partial charge is 0.480 e. The minimum absolute atomic E-state index is 0.158. The molecule has 0 heterocycles. The minimum atomic E-state index is -1.15. The second-order valence-electron chi connectivity index (χ2n) is 6.98. The van der Waals surface area contributed by atoms with Gasteiger partial charge in [0.25, 0.3) is 0 Å². The number of aliphatic carboxylic acids is 1. The molecular weight excluding hydrogens is 314 g/mol. The molecule has 2 N–H and O–H groups in total. The van der Waals surface area contributed by atoms with E-state index in [1.165, 1.54) is 12.5 Å². The van der Waals surface area contributed by atoms with Gasteiger partial charge in [-0.05, 0) is 48.1 Å².